The first-order valence-corrected chi connectivity index (χ1v) is 8.49. The first kappa shape index (κ1) is 19.6. The predicted octanol–water partition coefficient (Wildman–Crippen LogP) is 0.194. The number of nitrogens with one attached hydrogen (secondary N) is 2. The maximum atomic E-state index is 12.0. The first-order chi connectivity index (χ1) is 8.90. The van der Waals surface area contributed by atoms with Gasteiger partial charge in [-0.1, -0.05) is 20.8 Å². The Hall–Kier alpha value is -0.370. The molecule has 0 aromatic carbocycles. The van der Waals surface area contributed by atoms with E-state index in [2.05, 4.69) is 17.6 Å². The van der Waals surface area contributed by atoms with Gasteiger partial charge < -0.3 is 10.6 Å². The molecule has 2 atom stereocenters. The fraction of sp³-hybridized carbons (Fsp3) is 0.917. The van der Waals surface area contributed by atoms with E-state index < -0.39 is 21.7 Å². The van der Waals surface area contributed by atoms with E-state index in [4.69, 9.17) is 0 Å². The van der Waals surface area contributed by atoms with E-state index in [1.165, 1.54) is 4.31 Å². The third-order valence-corrected chi connectivity index (χ3v) is 5.52. The number of piperidine rings is 1. The molecule has 6 nitrogen and oxygen atoms in total. The number of sulfonamides is 1. The summed E-state index contributed by atoms with van der Waals surface area (Å²) in [6.45, 7) is 8.06. The maximum Gasteiger partial charge on any atom is 0.236 e. The predicted molar refractivity (Wildman–Crippen MR) is 82.5 cm³/mol. The molecule has 2 unspecified atom stereocenters. The van der Waals surface area contributed by atoms with Crippen LogP contribution in [-0.4, -0.2) is 56.6 Å². The molecular formula is C12H26ClN3O3S. The van der Waals surface area contributed by atoms with Gasteiger partial charge in [-0.05, 0) is 18.9 Å². The van der Waals surface area contributed by atoms with E-state index in [-0.39, 0.29) is 18.4 Å². The second-order valence-electron chi connectivity index (χ2n) is 4.98. The van der Waals surface area contributed by atoms with Gasteiger partial charge in [0.1, 0.15) is 5.75 Å². The van der Waals surface area contributed by atoms with Crippen LogP contribution in [0.4, 0.5) is 0 Å². The monoisotopic (exact) mass is 327 g/mol. The molecule has 8 heteroatoms. The van der Waals surface area contributed by atoms with Crippen LogP contribution < -0.4 is 10.6 Å². The average Bonchev–Trinajstić information content (AvgIpc) is 2.32. The molecule has 0 bridgehead atoms. The number of halogens is 1. The Balaban J connectivity index is 0.00000361. The summed E-state index contributed by atoms with van der Waals surface area (Å²) in [6, 6.07) is 0.0214. The first-order valence-electron chi connectivity index (χ1n) is 6.88. The molecule has 1 aliphatic rings. The summed E-state index contributed by atoms with van der Waals surface area (Å²) < 4.78 is 25.3. The molecule has 20 heavy (non-hydrogen) atoms. The number of carbonyl (C=O) groups excluding carboxylic acids is 1. The van der Waals surface area contributed by atoms with E-state index in [0.29, 0.717) is 25.6 Å². The van der Waals surface area contributed by atoms with Gasteiger partial charge in [-0.15, -0.1) is 12.4 Å². The van der Waals surface area contributed by atoms with Crippen LogP contribution in [0.3, 0.4) is 0 Å². The standard InChI is InChI=1S/C12H25N3O3S.ClH/c1-4-15(5-2)19(17,18)9-12(16)14-11-8-13-7-6-10(11)3;/h10-11,13H,4-9H2,1-3H3,(H,14,16);1H. The average molecular weight is 328 g/mol. The fourth-order valence-corrected chi connectivity index (χ4v) is 3.69. The molecule has 0 spiro atoms. The number of hydrogen-bond donors (Lipinski definition) is 2. The molecule has 120 valence electrons. The van der Waals surface area contributed by atoms with Crippen LogP contribution in [0.1, 0.15) is 27.2 Å². The van der Waals surface area contributed by atoms with Gasteiger partial charge in [0, 0.05) is 25.7 Å². The summed E-state index contributed by atoms with van der Waals surface area (Å²) in [5, 5.41) is 6.02. The summed E-state index contributed by atoms with van der Waals surface area (Å²) in [4.78, 5) is 11.9. The Labute approximate surface area is 128 Å². The summed E-state index contributed by atoms with van der Waals surface area (Å²) in [6.07, 6.45) is 0.994. The van der Waals surface area contributed by atoms with Gasteiger partial charge in [-0.25, -0.2) is 12.7 Å². The minimum absolute atomic E-state index is 0. The lowest BCUT2D eigenvalue weighted by Gasteiger charge is -2.30. The quantitative estimate of drug-likeness (QED) is 0.730. The summed E-state index contributed by atoms with van der Waals surface area (Å²) in [5.74, 6) is -0.494. The van der Waals surface area contributed by atoms with Gasteiger partial charge >= 0.3 is 0 Å². The highest BCUT2D eigenvalue weighted by Crippen LogP contribution is 2.11. The Kier molecular flexibility index (Phi) is 8.65. The van der Waals surface area contributed by atoms with Gasteiger partial charge in [-0.3, -0.25) is 4.79 Å². The van der Waals surface area contributed by atoms with Gasteiger partial charge in [-0.2, -0.15) is 0 Å². The van der Waals surface area contributed by atoms with Crippen molar-refractivity contribution in [3.63, 3.8) is 0 Å². The SMILES string of the molecule is CCN(CC)S(=O)(=O)CC(=O)NC1CNCCC1C.Cl. The minimum Gasteiger partial charge on any atom is -0.351 e. The Morgan fingerprint density at radius 3 is 2.45 bits per heavy atom. The van der Waals surface area contributed by atoms with Gasteiger partial charge in [0.2, 0.25) is 15.9 Å². The zero-order valence-electron chi connectivity index (χ0n) is 12.4. The van der Waals surface area contributed by atoms with Crippen molar-refractivity contribution in [1.29, 1.82) is 0 Å². The summed E-state index contributed by atoms with van der Waals surface area (Å²) in [7, 11) is -3.49. The third-order valence-electron chi connectivity index (χ3n) is 3.59. The Morgan fingerprint density at radius 1 is 1.35 bits per heavy atom. The second kappa shape index (κ2) is 8.81. The van der Waals surface area contributed by atoms with Crippen LogP contribution in [-0.2, 0) is 14.8 Å². The lowest BCUT2D eigenvalue weighted by molar-refractivity contribution is -0.119. The van der Waals surface area contributed by atoms with E-state index in [0.717, 1.165) is 13.0 Å². The summed E-state index contributed by atoms with van der Waals surface area (Å²) in [5.41, 5.74) is 0. The molecule has 0 radical (unpaired) electrons. The summed E-state index contributed by atoms with van der Waals surface area (Å²) >= 11 is 0. The molecular weight excluding hydrogens is 302 g/mol. The number of rotatable bonds is 6. The van der Waals surface area contributed by atoms with Crippen molar-refractivity contribution in [3.05, 3.63) is 0 Å². The molecule has 1 fully saturated rings. The van der Waals surface area contributed by atoms with Crippen molar-refractivity contribution >= 4 is 28.3 Å². The van der Waals surface area contributed by atoms with E-state index in [1.807, 2.05) is 0 Å². The van der Waals surface area contributed by atoms with Crippen molar-refractivity contribution in [2.24, 2.45) is 5.92 Å². The van der Waals surface area contributed by atoms with Crippen LogP contribution in [0, 0.1) is 5.92 Å². The minimum atomic E-state index is -3.49. The van der Waals surface area contributed by atoms with Crippen molar-refractivity contribution in [3.8, 4) is 0 Å². The Morgan fingerprint density at radius 2 is 1.95 bits per heavy atom. The lowest BCUT2D eigenvalue weighted by atomic mass is 9.95. The number of hydrogen-bond acceptors (Lipinski definition) is 4. The smallest absolute Gasteiger partial charge is 0.236 e. The van der Waals surface area contributed by atoms with Gasteiger partial charge in [0.25, 0.3) is 0 Å². The highest BCUT2D eigenvalue weighted by atomic mass is 35.5. The van der Waals surface area contributed by atoms with Crippen molar-refractivity contribution in [2.45, 2.75) is 33.2 Å². The number of carbonyl (C=O) groups is 1. The fourth-order valence-electron chi connectivity index (χ4n) is 2.31. The topological polar surface area (TPSA) is 78.5 Å². The molecule has 1 rings (SSSR count). The normalized spacial score (nSPS) is 23.2. The van der Waals surface area contributed by atoms with Crippen molar-refractivity contribution in [1.82, 2.24) is 14.9 Å². The van der Waals surface area contributed by atoms with Crippen LogP contribution in [0.2, 0.25) is 0 Å². The van der Waals surface area contributed by atoms with Gasteiger partial charge in [0.15, 0.2) is 0 Å². The Bertz CT molecular complexity index is 399. The van der Waals surface area contributed by atoms with Crippen LogP contribution >= 0.6 is 12.4 Å². The molecule has 0 aliphatic carbocycles. The molecule has 1 heterocycles. The van der Waals surface area contributed by atoms with E-state index >= 15 is 0 Å². The molecule has 1 saturated heterocycles. The molecule has 0 aromatic heterocycles. The number of nitrogens with zero attached hydrogens (tertiary/aromatic N) is 1. The molecule has 2 N–H and O–H groups in total. The van der Waals surface area contributed by atoms with E-state index in [1.54, 1.807) is 13.8 Å². The zero-order valence-corrected chi connectivity index (χ0v) is 14.0. The molecule has 0 aromatic rings. The van der Waals surface area contributed by atoms with Crippen molar-refractivity contribution < 1.29 is 13.2 Å². The molecule has 1 amide bonds. The van der Waals surface area contributed by atoms with E-state index in [9.17, 15) is 13.2 Å². The second-order valence-corrected chi connectivity index (χ2v) is 6.95. The number of amides is 1. The highest BCUT2D eigenvalue weighted by Gasteiger charge is 2.27. The van der Waals surface area contributed by atoms with Crippen LogP contribution in [0.15, 0.2) is 0 Å². The third kappa shape index (κ3) is 5.55. The lowest BCUT2D eigenvalue weighted by Crippen LogP contribution is -2.52. The molecule has 1 aliphatic heterocycles. The van der Waals surface area contributed by atoms with Crippen molar-refractivity contribution in [2.75, 3.05) is 31.9 Å². The van der Waals surface area contributed by atoms with Gasteiger partial charge in [0.05, 0.1) is 0 Å². The van der Waals surface area contributed by atoms with Crippen LogP contribution in [0.5, 0.6) is 0 Å². The largest absolute Gasteiger partial charge is 0.351 e. The molecule has 0 saturated carbocycles. The van der Waals surface area contributed by atoms with Crippen LogP contribution in [0.25, 0.3) is 0 Å². The highest BCUT2D eigenvalue weighted by molar-refractivity contribution is 7.89. The zero-order chi connectivity index (χ0) is 14.5. The maximum absolute atomic E-state index is 12.0.